The van der Waals surface area contributed by atoms with E-state index in [1.54, 1.807) is 4.90 Å². The first-order valence-electron chi connectivity index (χ1n) is 6.29. The van der Waals surface area contributed by atoms with Gasteiger partial charge in [-0.05, 0) is 12.8 Å². The number of rotatable bonds is 6. The molecule has 0 aromatic heterocycles. The molecule has 0 aromatic carbocycles. The van der Waals surface area contributed by atoms with Crippen molar-refractivity contribution in [1.82, 2.24) is 4.90 Å². The van der Waals surface area contributed by atoms with Crippen molar-refractivity contribution < 1.29 is 18.3 Å². The molecule has 19 heavy (non-hydrogen) atoms. The molecule has 2 N–H and O–H groups in total. The minimum Gasteiger partial charge on any atom is -0.393 e. The zero-order chi connectivity index (χ0) is 14.5. The molecule has 1 aliphatic rings. The predicted octanol–water partition coefficient (Wildman–Crippen LogP) is 1.57. The van der Waals surface area contributed by atoms with Crippen molar-refractivity contribution in [2.75, 3.05) is 26.3 Å². The van der Waals surface area contributed by atoms with Crippen LogP contribution in [-0.2, 0) is 9.53 Å². The van der Waals surface area contributed by atoms with E-state index in [1.165, 1.54) is 0 Å². The van der Waals surface area contributed by atoms with Gasteiger partial charge in [0.05, 0.1) is 18.0 Å². The van der Waals surface area contributed by atoms with Gasteiger partial charge in [0, 0.05) is 18.5 Å². The van der Waals surface area contributed by atoms with Crippen LogP contribution in [0.2, 0.25) is 0 Å². The van der Waals surface area contributed by atoms with E-state index < -0.39 is 13.0 Å². The molecule has 0 aliphatic carbocycles. The second kappa shape index (κ2) is 7.09. The van der Waals surface area contributed by atoms with Crippen LogP contribution in [0.25, 0.3) is 0 Å². The van der Waals surface area contributed by atoms with Crippen LogP contribution in [0.4, 0.5) is 8.78 Å². The molecule has 1 aliphatic heterocycles. The largest absolute Gasteiger partial charge is 0.393 e. The number of piperidine rings is 1. The lowest BCUT2D eigenvalue weighted by Crippen LogP contribution is -2.46. The molecule has 0 bridgehead atoms. The fraction of sp³-hybridized carbons (Fsp3) is 0.833. The molecule has 1 amide bonds. The van der Waals surface area contributed by atoms with E-state index >= 15 is 0 Å². The van der Waals surface area contributed by atoms with Crippen LogP contribution >= 0.6 is 12.2 Å². The lowest BCUT2D eigenvalue weighted by atomic mass is 9.80. The van der Waals surface area contributed by atoms with E-state index in [0.717, 1.165) is 12.8 Å². The number of hydrogen-bond donors (Lipinski definition) is 1. The summed E-state index contributed by atoms with van der Waals surface area (Å²) in [4.78, 5) is 14.0. The van der Waals surface area contributed by atoms with Gasteiger partial charge < -0.3 is 15.4 Å². The quantitative estimate of drug-likeness (QED) is 0.597. The molecule has 0 radical (unpaired) electrons. The van der Waals surface area contributed by atoms with Gasteiger partial charge in [0.1, 0.15) is 6.61 Å². The van der Waals surface area contributed by atoms with Crippen LogP contribution in [0.15, 0.2) is 0 Å². The Bertz CT molecular complexity index is 332. The average molecular weight is 294 g/mol. The average Bonchev–Trinajstić information content (AvgIpc) is 2.35. The summed E-state index contributed by atoms with van der Waals surface area (Å²) in [5.41, 5.74) is 5.50. The normalized spacial score (nSPS) is 18.6. The molecular formula is C12H20F2N2O2S. The van der Waals surface area contributed by atoms with E-state index in [1.807, 2.05) is 6.92 Å². The van der Waals surface area contributed by atoms with E-state index in [4.69, 9.17) is 22.7 Å². The van der Waals surface area contributed by atoms with Gasteiger partial charge in [-0.3, -0.25) is 4.79 Å². The summed E-state index contributed by atoms with van der Waals surface area (Å²) < 4.78 is 28.4. The van der Waals surface area contributed by atoms with Crippen molar-refractivity contribution >= 4 is 23.1 Å². The van der Waals surface area contributed by atoms with Crippen molar-refractivity contribution in [2.45, 2.75) is 32.6 Å². The molecule has 0 unspecified atom stereocenters. The molecule has 1 heterocycles. The second-order valence-electron chi connectivity index (χ2n) is 5.02. The first-order chi connectivity index (χ1) is 8.85. The molecule has 1 saturated heterocycles. The number of ether oxygens (including phenoxy) is 1. The lowest BCUT2D eigenvalue weighted by molar-refractivity contribution is -0.134. The van der Waals surface area contributed by atoms with Gasteiger partial charge in [-0.1, -0.05) is 19.1 Å². The minimum atomic E-state index is -2.49. The van der Waals surface area contributed by atoms with Crippen LogP contribution < -0.4 is 5.73 Å². The summed E-state index contributed by atoms with van der Waals surface area (Å²) in [6.45, 7) is 2.62. The van der Waals surface area contributed by atoms with E-state index in [-0.39, 0.29) is 24.3 Å². The molecule has 1 rings (SSSR count). The van der Waals surface area contributed by atoms with E-state index in [9.17, 15) is 13.6 Å². The lowest BCUT2D eigenvalue weighted by Gasteiger charge is -2.38. The topological polar surface area (TPSA) is 55.6 Å². The molecule has 0 spiro atoms. The van der Waals surface area contributed by atoms with Gasteiger partial charge in [-0.25, -0.2) is 8.78 Å². The Balaban J connectivity index is 2.27. The zero-order valence-electron chi connectivity index (χ0n) is 11.0. The van der Waals surface area contributed by atoms with Gasteiger partial charge in [-0.15, -0.1) is 0 Å². The first-order valence-corrected chi connectivity index (χ1v) is 6.69. The third-order valence-electron chi connectivity index (χ3n) is 3.52. The standard InChI is InChI=1S/C12H20F2N2O2S/c1-12(11(15)19)3-5-16(6-4-12)10(17)2-7-18-8-9(13)14/h9H,2-8H2,1H3,(H2,15,19). The van der Waals surface area contributed by atoms with Gasteiger partial charge in [0.25, 0.3) is 6.43 Å². The number of nitrogens with zero attached hydrogens (tertiary/aromatic N) is 1. The van der Waals surface area contributed by atoms with Crippen molar-refractivity contribution in [3.63, 3.8) is 0 Å². The fourth-order valence-corrected chi connectivity index (χ4v) is 2.19. The highest BCUT2D eigenvalue weighted by Crippen LogP contribution is 2.31. The monoisotopic (exact) mass is 294 g/mol. The molecule has 0 atom stereocenters. The minimum absolute atomic E-state index is 0.0340. The molecule has 7 heteroatoms. The first kappa shape index (κ1) is 16.2. The Kier molecular flexibility index (Phi) is 6.06. The maximum atomic E-state index is 11.8. The summed E-state index contributed by atoms with van der Waals surface area (Å²) in [7, 11) is 0. The Labute approximate surface area is 117 Å². The van der Waals surface area contributed by atoms with Crippen molar-refractivity contribution in [1.29, 1.82) is 0 Å². The smallest absolute Gasteiger partial charge is 0.261 e. The van der Waals surface area contributed by atoms with E-state index in [0.29, 0.717) is 18.1 Å². The number of carbonyl (C=O) groups excluding carboxylic acids is 1. The van der Waals surface area contributed by atoms with E-state index in [2.05, 4.69) is 0 Å². The molecule has 0 aromatic rings. The number of likely N-dealkylation sites (tertiary alicyclic amines) is 1. The molecular weight excluding hydrogens is 274 g/mol. The number of alkyl halides is 2. The summed E-state index contributed by atoms with van der Waals surface area (Å²) in [6.07, 6.45) is -0.870. The summed E-state index contributed by atoms with van der Waals surface area (Å²) in [5.74, 6) is -0.0701. The SMILES string of the molecule is CC1(C(N)=S)CCN(C(=O)CCOCC(F)F)CC1. The number of halogens is 2. The van der Waals surface area contributed by atoms with Crippen LogP contribution in [-0.4, -0.2) is 48.5 Å². The highest BCUT2D eigenvalue weighted by atomic mass is 32.1. The number of amides is 1. The second-order valence-corrected chi connectivity index (χ2v) is 5.46. The van der Waals surface area contributed by atoms with Gasteiger partial charge in [0.15, 0.2) is 0 Å². The van der Waals surface area contributed by atoms with Gasteiger partial charge >= 0.3 is 0 Å². The van der Waals surface area contributed by atoms with Crippen molar-refractivity contribution in [3.05, 3.63) is 0 Å². The van der Waals surface area contributed by atoms with Crippen LogP contribution in [0.3, 0.4) is 0 Å². The Morgan fingerprint density at radius 2 is 2.05 bits per heavy atom. The van der Waals surface area contributed by atoms with Crippen LogP contribution in [0.1, 0.15) is 26.2 Å². The molecule has 4 nitrogen and oxygen atoms in total. The summed E-state index contributed by atoms with van der Waals surface area (Å²) in [5, 5.41) is 0. The van der Waals surface area contributed by atoms with Crippen molar-refractivity contribution in [2.24, 2.45) is 11.1 Å². The Morgan fingerprint density at radius 1 is 1.47 bits per heavy atom. The maximum absolute atomic E-state index is 11.8. The highest BCUT2D eigenvalue weighted by Gasteiger charge is 2.33. The highest BCUT2D eigenvalue weighted by molar-refractivity contribution is 7.80. The number of carbonyl (C=O) groups is 1. The predicted molar refractivity (Wildman–Crippen MR) is 72.1 cm³/mol. The van der Waals surface area contributed by atoms with Crippen LogP contribution in [0, 0.1) is 5.41 Å². The Morgan fingerprint density at radius 3 is 2.53 bits per heavy atom. The third kappa shape index (κ3) is 4.99. The fourth-order valence-electron chi connectivity index (χ4n) is 1.99. The Hall–Kier alpha value is -0.820. The zero-order valence-corrected chi connectivity index (χ0v) is 11.8. The third-order valence-corrected chi connectivity index (χ3v) is 4.01. The van der Waals surface area contributed by atoms with Gasteiger partial charge in [-0.2, -0.15) is 0 Å². The number of nitrogens with two attached hydrogens (primary N) is 1. The summed E-state index contributed by atoms with van der Waals surface area (Å²) in [6, 6.07) is 0. The maximum Gasteiger partial charge on any atom is 0.261 e. The number of hydrogen-bond acceptors (Lipinski definition) is 3. The van der Waals surface area contributed by atoms with Gasteiger partial charge in [0.2, 0.25) is 5.91 Å². The van der Waals surface area contributed by atoms with Crippen molar-refractivity contribution in [3.8, 4) is 0 Å². The molecule has 110 valence electrons. The summed E-state index contributed by atoms with van der Waals surface area (Å²) >= 11 is 5.03. The number of thiocarbonyl (C=S) groups is 1. The molecule has 0 saturated carbocycles. The van der Waals surface area contributed by atoms with Crippen LogP contribution in [0.5, 0.6) is 0 Å². The molecule has 1 fully saturated rings.